The number of hydroxylamine groups is 1. The van der Waals surface area contributed by atoms with Crippen LogP contribution in [0.15, 0.2) is 29.2 Å². The van der Waals surface area contributed by atoms with Crippen LogP contribution in [0, 0.1) is 5.92 Å². The van der Waals surface area contributed by atoms with Crippen molar-refractivity contribution in [1.29, 1.82) is 0 Å². The Hall–Kier alpha value is -2.74. The van der Waals surface area contributed by atoms with Gasteiger partial charge in [-0.15, -0.1) is 0 Å². The SMILES string of the molecule is COc1ccc(S(=O)(=O)N(CCC(=O)N2CCN(CC(=O)O)CC2)C(C(=O)NO)C(C)C)cc1. The van der Waals surface area contributed by atoms with Gasteiger partial charge in [0.2, 0.25) is 15.9 Å². The Balaban J connectivity index is 2.22. The molecule has 34 heavy (non-hydrogen) atoms. The summed E-state index contributed by atoms with van der Waals surface area (Å²) in [6, 6.07) is 4.39. The number of ether oxygens (including phenoxy) is 1. The fraction of sp³-hybridized carbons (Fsp3) is 0.571. The number of aliphatic carboxylic acids is 1. The van der Waals surface area contributed by atoms with Crippen molar-refractivity contribution in [3.05, 3.63) is 24.3 Å². The van der Waals surface area contributed by atoms with Crippen LogP contribution in [0.4, 0.5) is 0 Å². The minimum Gasteiger partial charge on any atom is -0.497 e. The lowest BCUT2D eigenvalue weighted by Gasteiger charge is -2.35. The average molecular weight is 501 g/mol. The van der Waals surface area contributed by atoms with E-state index in [2.05, 4.69) is 0 Å². The minimum absolute atomic E-state index is 0.0839. The Labute approximate surface area is 199 Å². The Morgan fingerprint density at radius 2 is 1.71 bits per heavy atom. The lowest BCUT2D eigenvalue weighted by Crippen LogP contribution is -2.53. The van der Waals surface area contributed by atoms with Gasteiger partial charge in [0.1, 0.15) is 11.8 Å². The van der Waals surface area contributed by atoms with Gasteiger partial charge in [0.15, 0.2) is 0 Å². The van der Waals surface area contributed by atoms with E-state index in [0.29, 0.717) is 31.9 Å². The summed E-state index contributed by atoms with van der Waals surface area (Å²) in [6.45, 7) is 4.33. The Morgan fingerprint density at radius 1 is 1.12 bits per heavy atom. The molecule has 0 radical (unpaired) electrons. The van der Waals surface area contributed by atoms with E-state index in [0.717, 1.165) is 4.31 Å². The molecular formula is C21H32N4O8S. The summed E-state index contributed by atoms with van der Waals surface area (Å²) in [5, 5.41) is 18.1. The first-order valence-corrected chi connectivity index (χ1v) is 12.3. The third-order valence-corrected chi connectivity index (χ3v) is 7.51. The maximum absolute atomic E-state index is 13.5. The molecule has 0 saturated carbocycles. The van der Waals surface area contributed by atoms with Gasteiger partial charge in [-0.05, 0) is 30.2 Å². The number of hydrogen-bond donors (Lipinski definition) is 3. The molecule has 1 heterocycles. The molecule has 1 fully saturated rings. The Kier molecular flexibility index (Phi) is 9.79. The van der Waals surface area contributed by atoms with Crippen molar-refractivity contribution < 1.29 is 37.9 Å². The van der Waals surface area contributed by atoms with Gasteiger partial charge in [0, 0.05) is 39.1 Å². The molecule has 1 atom stereocenters. The smallest absolute Gasteiger partial charge is 0.317 e. The predicted octanol–water partition coefficient (Wildman–Crippen LogP) is -0.165. The maximum atomic E-state index is 13.5. The summed E-state index contributed by atoms with van der Waals surface area (Å²) < 4.78 is 32.9. The first-order valence-electron chi connectivity index (χ1n) is 10.8. The zero-order chi connectivity index (χ0) is 25.5. The molecule has 1 unspecified atom stereocenters. The summed E-state index contributed by atoms with van der Waals surface area (Å²) >= 11 is 0. The molecule has 0 aromatic heterocycles. The second-order valence-corrected chi connectivity index (χ2v) is 10.1. The van der Waals surface area contributed by atoms with Gasteiger partial charge in [-0.25, -0.2) is 13.9 Å². The molecule has 2 amide bonds. The fourth-order valence-electron chi connectivity index (χ4n) is 3.83. The van der Waals surface area contributed by atoms with Gasteiger partial charge < -0.3 is 14.7 Å². The molecule has 0 bridgehead atoms. The van der Waals surface area contributed by atoms with E-state index in [1.807, 2.05) is 0 Å². The highest BCUT2D eigenvalue weighted by Crippen LogP contribution is 2.25. The molecule has 1 aromatic rings. The molecule has 1 saturated heterocycles. The molecule has 0 aliphatic carbocycles. The standard InChI is InChI=1S/C21H32N4O8S/c1-15(2)20(21(29)22-30)25(34(31,32)17-6-4-16(33-3)5-7-17)9-8-18(26)24-12-10-23(11-13-24)14-19(27)28/h4-7,15,20,30H,8-14H2,1-3H3,(H,22,29)(H,27,28). The van der Waals surface area contributed by atoms with Crippen LogP contribution in [0.2, 0.25) is 0 Å². The summed E-state index contributed by atoms with van der Waals surface area (Å²) in [5.74, 6) is -2.20. The summed E-state index contributed by atoms with van der Waals surface area (Å²) in [6.07, 6.45) is -0.184. The number of amides is 2. The first-order chi connectivity index (χ1) is 16.0. The number of carboxylic acid groups (broad SMARTS) is 1. The predicted molar refractivity (Wildman–Crippen MR) is 121 cm³/mol. The number of piperazine rings is 1. The van der Waals surface area contributed by atoms with E-state index in [1.54, 1.807) is 23.6 Å². The van der Waals surface area contributed by atoms with Gasteiger partial charge >= 0.3 is 5.97 Å². The number of rotatable bonds is 11. The van der Waals surface area contributed by atoms with Crippen molar-refractivity contribution in [1.82, 2.24) is 19.6 Å². The van der Waals surface area contributed by atoms with Crippen LogP contribution in [-0.4, -0.2) is 103 Å². The number of nitrogens with one attached hydrogen (secondary N) is 1. The zero-order valence-corrected chi connectivity index (χ0v) is 20.3. The molecule has 12 nitrogen and oxygen atoms in total. The van der Waals surface area contributed by atoms with Gasteiger partial charge in [0.05, 0.1) is 18.6 Å². The minimum atomic E-state index is -4.21. The van der Waals surface area contributed by atoms with Crippen molar-refractivity contribution >= 4 is 27.8 Å². The second kappa shape index (κ2) is 12.1. The molecule has 1 aromatic carbocycles. The number of nitrogens with zero attached hydrogens (tertiary/aromatic N) is 3. The highest BCUT2D eigenvalue weighted by molar-refractivity contribution is 7.89. The van der Waals surface area contributed by atoms with Crippen molar-refractivity contribution in [2.45, 2.75) is 31.2 Å². The van der Waals surface area contributed by atoms with Gasteiger partial charge in [0.25, 0.3) is 5.91 Å². The van der Waals surface area contributed by atoms with Crippen LogP contribution >= 0.6 is 0 Å². The largest absolute Gasteiger partial charge is 0.497 e. The van der Waals surface area contributed by atoms with Crippen LogP contribution in [0.25, 0.3) is 0 Å². The Bertz CT molecular complexity index is 959. The van der Waals surface area contributed by atoms with Crippen LogP contribution in [0.5, 0.6) is 5.75 Å². The number of carbonyl (C=O) groups is 3. The lowest BCUT2D eigenvalue weighted by atomic mass is 10.0. The molecule has 1 aliphatic rings. The quantitative estimate of drug-likeness (QED) is 0.277. The van der Waals surface area contributed by atoms with Gasteiger partial charge in [-0.3, -0.25) is 24.5 Å². The molecule has 1 aliphatic heterocycles. The topological polar surface area (TPSA) is 157 Å². The van der Waals surface area contributed by atoms with Crippen molar-refractivity contribution in [2.24, 2.45) is 5.92 Å². The summed E-state index contributed by atoms with van der Waals surface area (Å²) in [7, 11) is -2.76. The Morgan fingerprint density at radius 3 is 2.18 bits per heavy atom. The zero-order valence-electron chi connectivity index (χ0n) is 19.5. The molecule has 3 N–H and O–H groups in total. The average Bonchev–Trinajstić information content (AvgIpc) is 2.80. The third-order valence-electron chi connectivity index (χ3n) is 5.62. The number of benzene rings is 1. The van der Waals surface area contributed by atoms with Crippen molar-refractivity contribution in [3.8, 4) is 5.75 Å². The number of sulfonamides is 1. The highest BCUT2D eigenvalue weighted by Gasteiger charge is 2.38. The van der Waals surface area contributed by atoms with E-state index in [1.165, 1.54) is 36.9 Å². The van der Waals surface area contributed by atoms with E-state index >= 15 is 0 Å². The maximum Gasteiger partial charge on any atom is 0.317 e. The number of hydrogen-bond acceptors (Lipinski definition) is 8. The van der Waals surface area contributed by atoms with Crippen LogP contribution in [0.3, 0.4) is 0 Å². The van der Waals surface area contributed by atoms with E-state index in [9.17, 15) is 28.0 Å². The summed E-state index contributed by atoms with van der Waals surface area (Å²) in [5.41, 5.74) is 1.53. The van der Waals surface area contributed by atoms with E-state index in [4.69, 9.17) is 9.84 Å². The van der Waals surface area contributed by atoms with Gasteiger partial charge in [-0.1, -0.05) is 13.8 Å². The fourth-order valence-corrected chi connectivity index (χ4v) is 5.56. The number of carbonyl (C=O) groups excluding carboxylic acids is 2. The van der Waals surface area contributed by atoms with Crippen LogP contribution in [0.1, 0.15) is 20.3 Å². The normalized spacial score (nSPS) is 15.9. The molecule has 190 valence electrons. The number of methoxy groups -OCH3 is 1. The van der Waals surface area contributed by atoms with Crippen molar-refractivity contribution in [3.63, 3.8) is 0 Å². The molecule has 0 spiro atoms. The molecule has 2 rings (SSSR count). The van der Waals surface area contributed by atoms with E-state index in [-0.39, 0.29) is 30.3 Å². The van der Waals surface area contributed by atoms with Crippen molar-refractivity contribution in [2.75, 3.05) is 46.4 Å². The van der Waals surface area contributed by atoms with Gasteiger partial charge in [-0.2, -0.15) is 4.31 Å². The van der Waals surface area contributed by atoms with Crippen LogP contribution < -0.4 is 10.2 Å². The third kappa shape index (κ3) is 6.88. The molecule has 13 heteroatoms. The molecular weight excluding hydrogens is 468 g/mol. The highest BCUT2D eigenvalue weighted by atomic mass is 32.2. The first kappa shape index (κ1) is 27.5. The number of carboxylic acids is 1. The monoisotopic (exact) mass is 500 g/mol. The summed E-state index contributed by atoms with van der Waals surface area (Å²) in [4.78, 5) is 39.3. The second-order valence-electron chi connectivity index (χ2n) is 8.26. The lowest BCUT2D eigenvalue weighted by molar-refractivity contribution is -0.140. The van der Waals surface area contributed by atoms with Crippen LogP contribution in [-0.2, 0) is 24.4 Å². The van der Waals surface area contributed by atoms with E-state index < -0.39 is 33.9 Å².